The predicted molar refractivity (Wildman–Crippen MR) is 99.5 cm³/mol. The molecule has 0 aliphatic carbocycles. The van der Waals surface area contributed by atoms with Crippen molar-refractivity contribution in [2.45, 2.75) is 13.8 Å². The molecular formula is C20H17N3O3. The fourth-order valence-corrected chi connectivity index (χ4v) is 2.81. The Bertz CT molecular complexity index is 1000. The van der Waals surface area contributed by atoms with E-state index >= 15 is 0 Å². The Morgan fingerprint density at radius 3 is 2.42 bits per heavy atom. The normalized spacial score (nSPS) is 11.0. The third kappa shape index (κ3) is 3.30. The smallest absolute Gasteiger partial charge is 0.280 e. The van der Waals surface area contributed by atoms with Gasteiger partial charge in [-0.15, -0.1) is 0 Å². The maximum atomic E-state index is 12.4. The Balaban J connectivity index is 1.94. The molecule has 3 aromatic rings. The second-order valence-electron chi connectivity index (χ2n) is 5.80. The van der Waals surface area contributed by atoms with Gasteiger partial charge < -0.3 is 0 Å². The van der Waals surface area contributed by atoms with Gasteiger partial charge in [-0.3, -0.25) is 14.9 Å². The van der Waals surface area contributed by atoms with Gasteiger partial charge in [0.05, 0.1) is 21.9 Å². The van der Waals surface area contributed by atoms with Crippen molar-refractivity contribution in [2.75, 3.05) is 0 Å². The molecule has 0 atom stereocenters. The van der Waals surface area contributed by atoms with Crippen LogP contribution in [-0.2, 0) is 0 Å². The van der Waals surface area contributed by atoms with Crippen LogP contribution in [0.5, 0.6) is 0 Å². The molecular weight excluding hydrogens is 330 g/mol. The molecule has 0 unspecified atom stereocenters. The summed E-state index contributed by atoms with van der Waals surface area (Å²) in [5, 5.41) is 15.6. The van der Waals surface area contributed by atoms with Crippen molar-refractivity contribution >= 4 is 17.5 Å². The SMILES string of the molecule is Cc1nn(-c2ccccc2)c(C)c1/C=C/C(=O)c1ccccc1[N+](=O)[O-]. The Kier molecular flexibility index (Phi) is 4.75. The van der Waals surface area contributed by atoms with Gasteiger partial charge in [0.2, 0.25) is 0 Å². The zero-order chi connectivity index (χ0) is 18.7. The molecule has 1 aromatic heterocycles. The second-order valence-corrected chi connectivity index (χ2v) is 5.80. The lowest BCUT2D eigenvalue weighted by Gasteiger charge is -2.03. The molecule has 0 aliphatic heterocycles. The predicted octanol–water partition coefficient (Wildman–Crippen LogP) is 4.29. The van der Waals surface area contributed by atoms with Crippen LogP contribution in [0.3, 0.4) is 0 Å². The van der Waals surface area contributed by atoms with Crippen LogP contribution in [-0.4, -0.2) is 20.5 Å². The standard InChI is InChI=1S/C20H17N3O3/c1-14-17(15(2)22(21-14)16-8-4-3-5-9-16)12-13-20(24)18-10-6-7-11-19(18)23(25)26/h3-13H,1-2H3/b13-12+. The summed E-state index contributed by atoms with van der Waals surface area (Å²) in [6, 6.07) is 15.6. The highest BCUT2D eigenvalue weighted by Crippen LogP contribution is 2.21. The van der Waals surface area contributed by atoms with Gasteiger partial charge in [0.25, 0.3) is 5.69 Å². The van der Waals surface area contributed by atoms with Crippen LogP contribution < -0.4 is 0 Å². The summed E-state index contributed by atoms with van der Waals surface area (Å²) >= 11 is 0. The highest BCUT2D eigenvalue weighted by molar-refractivity contribution is 6.09. The molecule has 2 aromatic carbocycles. The summed E-state index contributed by atoms with van der Waals surface area (Å²) in [5.41, 5.74) is 3.28. The van der Waals surface area contributed by atoms with E-state index in [9.17, 15) is 14.9 Å². The molecule has 0 fully saturated rings. The second kappa shape index (κ2) is 7.14. The molecule has 0 saturated carbocycles. The monoisotopic (exact) mass is 347 g/mol. The third-order valence-corrected chi connectivity index (χ3v) is 4.12. The molecule has 0 radical (unpaired) electrons. The fourth-order valence-electron chi connectivity index (χ4n) is 2.81. The van der Waals surface area contributed by atoms with Gasteiger partial charge in [-0.25, -0.2) is 4.68 Å². The van der Waals surface area contributed by atoms with Crippen molar-refractivity contribution in [3.63, 3.8) is 0 Å². The van der Waals surface area contributed by atoms with Gasteiger partial charge in [-0.05, 0) is 44.2 Å². The molecule has 6 nitrogen and oxygen atoms in total. The first-order valence-corrected chi connectivity index (χ1v) is 8.06. The minimum absolute atomic E-state index is 0.0690. The van der Waals surface area contributed by atoms with Crippen LogP contribution in [0.1, 0.15) is 27.3 Å². The van der Waals surface area contributed by atoms with Crippen LogP contribution in [0.25, 0.3) is 11.8 Å². The third-order valence-electron chi connectivity index (χ3n) is 4.12. The summed E-state index contributed by atoms with van der Waals surface area (Å²) in [6.45, 7) is 3.78. The minimum Gasteiger partial charge on any atom is -0.289 e. The molecule has 26 heavy (non-hydrogen) atoms. The summed E-state index contributed by atoms with van der Waals surface area (Å²) in [6.07, 6.45) is 3.02. The number of benzene rings is 2. The average molecular weight is 347 g/mol. The number of aryl methyl sites for hydroxylation is 1. The summed E-state index contributed by atoms with van der Waals surface area (Å²) < 4.78 is 1.81. The molecule has 130 valence electrons. The molecule has 3 rings (SSSR count). The number of para-hydroxylation sites is 2. The first-order chi connectivity index (χ1) is 12.5. The van der Waals surface area contributed by atoms with E-state index in [2.05, 4.69) is 5.10 Å². The molecule has 0 amide bonds. The minimum atomic E-state index is -0.551. The Morgan fingerprint density at radius 1 is 1.08 bits per heavy atom. The van der Waals surface area contributed by atoms with Gasteiger partial charge in [0.1, 0.15) is 0 Å². The van der Waals surface area contributed by atoms with Crippen molar-refractivity contribution in [3.05, 3.63) is 93.3 Å². The Morgan fingerprint density at radius 2 is 1.73 bits per heavy atom. The number of nitro groups is 1. The van der Waals surface area contributed by atoms with E-state index in [1.807, 2.05) is 48.9 Å². The maximum Gasteiger partial charge on any atom is 0.280 e. The first kappa shape index (κ1) is 17.3. The summed E-state index contributed by atoms with van der Waals surface area (Å²) in [7, 11) is 0. The highest BCUT2D eigenvalue weighted by Gasteiger charge is 2.17. The topological polar surface area (TPSA) is 78.0 Å². The van der Waals surface area contributed by atoms with Crippen molar-refractivity contribution in [2.24, 2.45) is 0 Å². The van der Waals surface area contributed by atoms with Crippen LogP contribution in [0.15, 0.2) is 60.7 Å². The fraction of sp³-hybridized carbons (Fsp3) is 0.100. The van der Waals surface area contributed by atoms with Crippen LogP contribution in [0, 0.1) is 24.0 Å². The van der Waals surface area contributed by atoms with E-state index < -0.39 is 10.7 Å². The molecule has 0 bridgehead atoms. The number of carbonyl (C=O) groups excluding carboxylic acids is 1. The van der Waals surface area contributed by atoms with Gasteiger partial charge in [0.15, 0.2) is 5.78 Å². The molecule has 0 spiro atoms. The van der Waals surface area contributed by atoms with E-state index in [0.29, 0.717) is 0 Å². The largest absolute Gasteiger partial charge is 0.289 e. The lowest BCUT2D eigenvalue weighted by molar-refractivity contribution is -0.385. The number of hydrogen-bond acceptors (Lipinski definition) is 4. The van der Waals surface area contributed by atoms with E-state index in [4.69, 9.17) is 0 Å². The van der Waals surface area contributed by atoms with Gasteiger partial charge >= 0.3 is 0 Å². The van der Waals surface area contributed by atoms with Gasteiger partial charge in [-0.1, -0.05) is 30.3 Å². The number of carbonyl (C=O) groups is 1. The van der Waals surface area contributed by atoms with Crippen LogP contribution >= 0.6 is 0 Å². The maximum absolute atomic E-state index is 12.4. The Labute approximate surface area is 150 Å². The van der Waals surface area contributed by atoms with Crippen molar-refractivity contribution in [3.8, 4) is 5.69 Å². The van der Waals surface area contributed by atoms with Crippen molar-refractivity contribution < 1.29 is 9.72 Å². The quantitative estimate of drug-likeness (QED) is 0.298. The zero-order valence-corrected chi connectivity index (χ0v) is 14.4. The molecule has 0 N–H and O–H groups in total. The number of aromatic nitrogens is 2. The van der Waals surface area contributed by atoms with Gasteiger partial charge in [0, 0.05) is 17.3 Å². The number of nitro benzene ring substituents is 1. The first-order valence-electron chi connectivity index (χ1n) is 8.06. The molecule has 0 saturated heterocycles. The van der Waals surface area contributed by atoms with E-state index in [0.717, 1.165) is 22.6 Å². The number of allylic oxidation sites excluding steroid dienone is 1. The van der Waals surface area contributed by atoms with Crippen molar-refractivity contribution in [1.29, 1.82) is 0 Å². The van der Waals surface area contributed by atoms with Crippen molar-refractivity contribution in [1.82, 2.24) is 9.78 Å². The molecule has 0 aliphatic rings. The van der Waals surface area contributed by atoms with Crippen LogP contribution in [0.4, 0.5) is 5.69 Å². The number of hydrogen-bond donors (Lipinski definition) is 0. The summed E-state index contributed by atoms with van der Waals surface area (Å²) in [5.74, 6) is -0.413. The molecule has 1 heterocycles. The zero-order valence-electron chi connectivity index (χ0n) is 14.4. The average Bonchev–Trinajstić information content (AvgIpc) is 2.94. The van der Waals surface area contributed by atoms with E-state index in [1.54, 1.807) is 12.1 Å². The molecule has 6 heteroatoms. The van der Waals surface area contributed by atoms with Gasteiger partial charge in [-0.2, -0.15) is 5.10 Å². The lowest BCUT2D eigenvalue weighted by atomic mass is 10.1. The van der Waals surface area contributed by atoms with E-state index in [-0.39, 0.29) is 11.3 Å². The van der Waals surface area contributed by atoms with E-state index in [1.165, 1.54) is 24.3 Å². The lowest BCUT2D eigenvalue weighted by Crippen LogP contribution is -2.01. The highest BCUT2D eigenvalue weighted by atomic mass is 16.6. The van der Waals surface area contributed by atoms with Crippen LogP contribution in [0.2, 0.25) is 0 Å². The number of rotatable bonds is 5. The summed E-state index contributed by atoms with van der Waals surface area (Å²) in [4.78, 5) is 23.0. The number of nitrogens with zero attached hydrogens (tertiary/aromatic N) is 3. The Hall–Kier alpha value is -3.54. The number of ketones is 1.